The van der Waals surface area contributed by atoms with Crippen LogP contribution in [0.2, 0.25) is 0 Å². The van der Waals surface area contributed by atoms with Crippen molar-refractivity contribution in [2.75, 3.05) is 27.1 Å². The summed E-state index contributed by atoms with van der Waals surface area (Å²) >= 11 is 1.88. The molecule has 1 N–H and O–H groups in total. The van der Waals surface area contributed by atoms with Crippen LogP contribution >= 0.6 is 11.8 Å². The number of amides is 1. The Bertz CT molecular complexity index is 870. The van der Waals surface area contributed by atoms with Crippen LogP contribution in [0.15, 0.2) is 41.6 Å². The van der Waals surface area contributed by atoms with Crippen LogP contribution in [0.1, 0.15) is 18.4 Å². The molecule has 1 saturated heterocycles. The first kappa shape index (κ1) is 19.9. The van der Waals surface area contributed by atoms with Gasteiger partial charge in [-0.25, -0.2) is 0 Å². The molecule has 1 aromatic rings. The van der Waals surface area contributed by atoms with E-state index in [0.29, 0.717) is 23.8 Å². The Morgan fingerprint density at radius 3 is 2.66 bits per heavy atom. The normalized spacial score (nSPS) is 26.9. The smallest absolute Gasteiger partial charge is 0.224 e. The summed E-state index contributed by atoms with van der Waals surface area (Å²) in [6.45, 7) is 0.334. The summed E-state index contributed by atoms with van der Waals surface area (Å²) in [5, 5.41) is 3.11. The van der Waals surface area contributed by atoms with Gasteiger partial charge in [0.25, 0.3) is 0 Å². The number of thioether (sulfide) groups is 1. The van der Waals surface area contributed by atoms with Crippen molar-refractivity contribution >= 4 is 23.4 Å². The Kier molecular flexibility index (Phi) is 5.58. The summed E-state index contributed by atoms with van der Waals surface area (Å²) in [7, 11) is 4.79. The first-order chi connectivity index (χ1) is 14.1. The fourth-order valence-electron chi connectivity index (χ4n) is 4.45. The second-order valence-electron chi connectivity index (χ2n) is 7.36. The Balaban J connectivity index is 1.51. The highest BCUT2D eigenvalue weighted by Crippen LogP contribution is 2.53. The van der Waals surface area contributed by atoms with Crippen molar-refractivity contribution in [3.63, 3.8) is 0 Å². The van der Waals surface area contributed by atoms with E-state index in [0.717, 1.165) is 24.2 Å². The molecular formula is C22H26N2O4S. The summed E-state index contributed by atoms with van der Waals surface area (Å²) in [4.78, 5) is 17.8. The van der Waals surface area contributed by atoms with Crippen LogP contribution in [0.3, 0.4) is 0 Å². The third-order valence-electron chi connectivity index (χ3n) is 6.00. The molecule has 3 unspecified atom stereocenters. The summed E-state index contributed by atoms with van der Waals surface area (Å²) in [6.07, 6.45) is 10.2. The number of rotatable bonds is 6. The monoisotopic (exact) mass is 414 g/mol. The van der Waals surface area contributed by atoms with Gasteiger partial charge in [-0.1, -0.05) is 18.2 Å². The first-order valence-electron chi connectivity index (χ1n) is 9.72. The molecule has 2 aliphatic heterocycles. The van der Waals surface area contributed by atoms with Crippen LogP contribution in [0, 0.1) is 11.8 Å². The van der Waals surface area contributed by atoms with Gasteiger partial charge in [0.1, 0.15) is 17.2 Å². The van der Waals surface area contributed by atoms with Gasteiger partial charge in [0.15, 0.2) is 0 Å². The van der Waals surface area contributed by atoms with Crippen molar-refractivity contribution in [3.8, 4) is 17.2 Å². The number of carbonyl (C=O) groups is 1. The highest BCUT2D eigenvalue weighted by atomic mass is 32.2. The quantitative estimate of drug-likeness (QED) is 0.723. The lowest BCUT2D eigenvalue weighted by atomic mass is 9.73. The van der Waals surface area contributed by atoms with Gasteiger partial charge < -0.3 is 19.5 Å². The zero-order valence-corrected chi connectivity index (χ0v) is 17.8. The minimum atomic E-state index is -0.0801. The molecule has 3 aliphatic rings. The minimum absolute atomic E-state index is 0.0546. The van der Waals surface area contributed by atoms with Crippen LogP contribution in [0.4, 0.5) is 0 Å². The van der Waals surface area contributed by atoms with E-state index in [-0.39, 0.29) is 22.5 Å². The van der Waals surface area contributed by atoms with Gasteiger partial charge in [0.05, 0.1) is 44.1 Å². The van der Waals surface area contributed by atoms with Crippen LogP contribution in [0.25, 0.3) is 0 Å². The van der Waals surface area contributed by atoms with Crippen LogP contribution in [0.5, 0.6) is 17.2 Å². The van der Waals surface area contributed by atoms with Crippen molar-refractivity contribution in [2.24, 2.45) is 16.8 Å². The number of hydrogen-bond donors (Lipinski definition) is 1. The number of nitrogens with one attached hydrogen (secondary N) is 1. The maximum Gasteiger partial charge on any atom is 0.224 e. The molecule has 0 aromatic heterocycles. The predicted molar refractivity (Wildman–Crippen MR) is 115 cm³/mol. The van der Waals surface area contributed by atoms with E-state index in [4.69, 9.17) is 14.2 Å². The van der Waals surface area contributed by atoms with E-state index < -0.39 is 0 Å². The fraction of sp³-hybridized carbons (Fsp3) is 0.455. The van der Waals surface area contributed by atoms with Crippen LogP contribution < -0.4 is 19.5 Å². The molecule has 6 nitrogen and oxygen atoms in total. The van der Waals surface area contributed by atoms with Crippen molar-refractivity contribution < 1.29 is 19.0 Å². The van der Waals surface area contributed by atoms with E-state index in [2.05, 4.69) is 28.5 Å². The molecule has 1 aliphatic carbocycles. The number of carbonyl (C=O) groups excluding carboxylic acids is 1. The molecular weight excluding hydrogens is 388 g/mol. The summed E-state index contributed by atoms with van der Waals surface area (Å²) in [6, 6.07) is 3.59. The summed E-state index contributed by atoms with van der Waals surface area (Å²) in [5.41, 5.74) is 2.00. The average Bonchev–Trinajstić information content (AvgIpc) is 3.14. The predicted octanol–water partition coefficient (Wildman–Crippen LogP) is 3.36. The van der Waals surface area contributed by atoms with E-state index in [1.807, 2.05) is 18.0 Å². The number of benzene rings is 1. The molecule has 1 spiro atoms. The molecule has 7 heteroatoms. The van der Waals surface area contributed by atoms with E-state index >= 15 is 0 Å². The average molecular weight is 415 g/mol. The highest BCUT2D eigenvalue weighted by molar-refractivity contribution is 8.01. The fourth-order valence-corrected chi connectivity index (χ4v) is 6.24. The number of allylic oxidation sites excluding steroid dienone is 3. The Morgan fingerprint density at radius 2 is 1.97 bits per heavy atom. The standard InChI is InChI=1S/C22H26N2O4S/c1-26-14-10-18(27-2)15(19(11-14)28-3)12-24-21(25)16-13-29-22-8-5-4-6-20(22)23-9-7-17(16)22/h4-5,7,9-11,16-17H,6,8,12-13H2,1-3H3,(H,24,25). The molecule has 154 valence electrons. The number of nitrogens with zero attached hydrogens (tertiary/aromatic N) is 1. The topological polar surface area (TPSA) is 69.2 Å². The lowest BCUT2D eigenvalue weighted by Crippen LogP contribution is -2.45. The molecule has 4 rings (SSSR count). The molecule has 3 atom stereocenters. The lowest BCUT2D eigenvalue weighted by Gasteiger charge is -2.38. The van der Waals surface area contributed by atoms with Gasteiger partial charge in [-0.15, -0.1) is 11.8 Å². The maximum atomic E-state index is 13.1. The molecule has 0 bridgehead atoms. The molecule has 29 heavy (non-hydrogen) atoms. The van der Waals surface area contributed by atoms with Crippen LogP contribution in [-0.4, -0.2) is 43.4 Å². The third-order valence-corrected chi connectivity index (χ3v) is 7.71. The Labute approximate surface area is 175 Å². The van der Waals surface area contributed by atoms with Gasteiger partial charge >= 0.3 is 0 Å². The highest BCUT2D eigenvalue weighted by Gasteiger charge is 2.54. The number of hydrogen-bond acceptors (Lipinski definition) is 6. The van der Waals surface area contributed by atoms with Crippen molar-refractivity contribution in [1.82, 2.24) is 5.32 Å². The van der Waals surface area contributed by atoms with Crippen molar-refractivity contribution in [1.29, 1.82) is 0 Å². The van der Waals surface area contributed by atoms with Crippen molar-refractivity contribution in [3.05, 3.63) is 42.1 Å². The van der Waals surface area contributed by atoms with E-state index in [9.17, 15) is 4.79 Å². The number of methoxy groups -OCH3 is 3. The van der Waals surface area contributed by atoms with Gasteiger partial charge in [-0.2, -0.15) is 0 Å². The SMILES string of the molecule is COc1cc(OC)c(CNC(=O)C2CSC34CC=CCC3=NC=CC24)c(OC)c1. The van der Waals surface area contributed by atoms with Gasteiger partial charge in [-0.3, -0.25) is 9.79 Å². The van der Waals surface area contributed by atoms with Crippen molar-refractivity contribution in [2.45, 2.75) is 24.1 Å². The van der Waals surface area contributed by atoms with Gasteiger partial charge in [0, 0.05) is 42.1 Å². The van der Waals surface area contributed by atoms with Gasteiger partial charge in [-0.05, 0) is 6.42 Å². The molecule has 1 fully saturated rings. The first-order valence-corrected chi connectivity index (χ1v) is 10.7. The molecule has 0 saturated carbocycles. The van der Waals surface area contributed by atoms with Gasteiger partial charge in [0.2, 0.25) is 5.91 Å². The second-order valence-corrected chi connectivity index (χ2v) is 8.71. The number of ether oxygens (including phenoxy) is 3. The Morgan fingerprint density at radius 1 is 1.21 bits per heavy atom. The summed E-state index contributed by atoms with van der Waals surface area (Å²) in [5.74, 6) is 2.84. The largest absolute Gasteiger partial charge is 0.496 e. The lowest BCUT2D eigenvalue weighted by molar-refractivity contribution is -0.125. The zero-order chi connectivity index (χ0) is 20.4. The number of aliphatic imine (C=N–C) groups is 1. The third kappa shape index (κ3) is 3.41. The van der Waals surface area contributed by atoms with E-state index in [1.165, 1.54) is 5.71 Å². The maximum absolute atomic E-state index is 13.1. The molecule has 1 aromatic carbocycles. The second kappa shape index (κ2) is 8.14. The Hall–Kier alpha value is -2.41. The van der Waals surface area contributed by atoms with E-state index in [1.54, 1.807) is 33.5 Å². The molecule has 0 radical (unpaired) electrons. The van der Waals surface area contributed by atoms with Crippen LogP contribution in [-0.2, 0) is 11.3 Å². The molecule has 1 amide bonds. The zero-order valence-electron chi connectivity index (χ0n) is 16.9. The summed E-state index contributed by atoms with van der Waals surface area (Å²) < 4.78 is 16.2. The minimum Gasteiger partial charge on any atom is -0.496 e. The molecule has 2 heterocycles.